The molecule has 0 radical (unpaired) electrons. The summed E-state index contributed by atoms with van der Waals surface area (Å²) in [5.41, 5.74) is 7.34. The van der Waals surface area contributed by atoms with Crippen molar-refractivity contribution in [2.24, 2.45) is 10.7 Å². The number of carbonyl (C=O) groups excluding carboxylic acids is 1. The van der Waals surface area contributed by atoms with Gasteiger partial charge in [0.2, 0.25) is 5.91 Å². The largest absolute Gasteiger partial charge is 0.373 e. The van der Waals surface area contributed by atoms with Crippen LogP contribution in [0.4, 0.5) is 0 Å². The van der Waals surface area contributed by atoms with Gasteiger partial charge in [-0.05, 0) is 37.7 Å². The highest BCUT2D eigenvalue weighted by molar-refractivity contribution is 5.79. The number of benzene rings is 1. The van der Waals surface area contributed by atoms with Gasteiger partial charge in [0.25, 0.3) is 0 Å². The maximum absolute atomic E-state index is 12.0. The summed E-state index contributed by atoms with van der Waals surface area (Å²) in [7, 11) is 0. The van der Waals surface area contributed by atoms with E-state index < -0.39 is 6.23 Å². The summed E-state index contributed by atoms with van der Waals surface area (Å²) in [6.07, 6.45) is 10.6. The lowest BCUT2D eigenvalue weighted by Crippen LogP contribution is -2.54. The number of nitrogens with two attached hydrogens (primary N) is 1. The Hall–Kier alpha value is -2.08. The zero-order valence-electron chi connectivity index (χ0n) is 20.2. The number of guanidine groups is 1. The fourth-order valence-corrected chi connectivity index (χ4v) is 4.50. The number of rotatable bonds is 15. The molecule has 1 atom stereocenters. The molecule has 1 aliphatic rings. The molecule has 0 aliphatic carbocycles. The maximum atomic E-state index is 12.0. The first-order valence-corrected chi connectivity index (χ1v) is 12.6. The molecular weight excluding hydrogens is 400 g/mol. The summed E-state index contributed by atoms with van der Waals surface area (Å²) >= 11 is 0. The molecule has 0 saturated heterocycles. The van der Waals surface area contributed by atoms with Gasteiger partial charge >= 0.3 is 0 Å². The molecule has 6 nitrogen and oxygen atoms in total. The highest BCUT2D eigenvalue weighted by atomic mass is 16.3. The van der Waals surface area contributed by atoms with Crippen molar-refractivity contribution in [3.63, 3.8) is 0 Å². The molecule has 1 aromatic carbocycles. The SMILES string of the molecule is CCCCC1(CCCC)CC(O)N(CCCCCC(=O)NCCc2ccccc2)C(N)=N1. The second kappa shape index (κ2) is 14.1. The van der Waals surface area contributed by atoms with E-state index in [0.29, 0.717) is 31.9 Å². The van der Waals surface area contributed by atoms with Gasteiger partial charge in [-0.2, -0.15) is 0 Å². The van der Waals surface area contributed by atoms with Crippen molar-refractivity contribution in [3.05, 3.63) is 35.9 Å². The van der Waals surface area contributed by atoms with Crippen molar-refractivity contribution < 1.29 is 9.90 Å². The summed E-state index contributed by atoms with van der Waals surface area (Å²) in [6.45, 7) is 5.74. The van der Waals surface area contributed by atoms with Gasteiger partial charge in [0.15, 0.2) is 5.96 Å². The maximum Gasteiger partial charge on any atom is 0.220 e. The molecule has 1 amide bonds. The minimum Gasteiger partial charge on any atom is -0.373 e. The predicted molar refractivity (Wildman–Crippen MR) is 132 cm³/mol. The lowest BCUT2D eigenvalue weighted by Gasteiger charge is -2.42. The lowest BCUT2D eigenvalue weighted by atomic mass is 9.83. The van der Waals surface area contributed by atoms with Gasteiger partial charge in [-0.15, -0.1) is 0 Å². The third-order valence-electron chi connectivity index (χ3n) is 6.44. The number of hydrogen-bond acceptors (Lipinski definition) is 5. The molecule has 2 rings (SSSR count). The smallest absolute Gasteiger partial charge is 0.220 e. The standard InChI is InChI=1S/C26H44N4O2/c1-3-5-17-26(18-6-4-2)21-24(32)30(25(27)29-26)20-12-8-11-15-23(31)28-19-16-22-13-9-7-10-14-22/h7,9-10,13-14,24,32H,3-6,8,11-12,15-21H2,1-2H3,(H2,27,29)(H,28,31). The van der Waals surface area contributed by atoms with E-state index in [2.05, 4.69) is 31.3 Å². The highest BCUT2D eigenvalue weighted by Crippen LogP contribution is 2.35. The van der Waals surface area contributed by atoms with Crippen LogP contribution in [0.3, 0.4) is 0 Å². The minimum absolute atomic E-state index is 0.108. The number of aliphatic hydroxyl groups excluding tert-OH is 1. The molecule has 1 heterocycles. The number of carbonyl (C=O) groups is 1. The number of hydrogen-bond donors (Lipinski definition) is 3. The van der Waals surface area contributed by atoms with Crippen LogP contribution in [-0.4, -0.2) is 46.7 Å². The average molecular weight is 445 g/mol. The topological polar surface area (TPSA) is 91.0 Å². The molecule has 1 aromatic rings. The van der Waals surface area contributed by atoms with E-state index >= 15 is 0 Å². The van der Waals surface area contributed by atoms with Crippen LogP contribution in [0.5, 0.6) is 0 Å². The van der Waals surface area contributed by atoms with E-state index in [1.54, 1.807) is 0 Å². The Bertz CT molecular complexity index is 684. The predicted octanol–water partition coefficient (Wildman–Crippen LogP) is 4.36. The number of unbranched alkanes of at least 4 members (excludes halogenated alkanes) is 4. The summed E-state index contributed by atoms with van der Waals surface area (Å²) in [4.78, 5) is 18.8. The van der Waals surface area contributed by atoms with Gasteiger partial charge in [0.1, 0.15) is 6.23 Å². The number of aliphatic imine (C=N–C) groups is 1. The number of aliphatic hydroxyl groups is 1. The second-order valence-electron chi connectivity index (χ2n) is 9.18. The van der Waals surface area contributed by atoms with E-state index in [9.17, 15) is 9.90 Å². The fourth-order valence-electron chi connectivity index (χ4n) is 4.50. The Morgan fingerprint density at radius 2 is 1.81 bits per heavy atom. The van der Waals surface area contributed by atoms with Gasteiger partial charge in [0.05, 0.1) is 5.54 Å². The Morgan fingerprint density at radius 1 is 1.12 bits per heavy atom. The van der Waals surface area contributed by atoms with E-state index in [1.165, 1.54) is 5.56 Å². The molecule has 1 aliphatic heterocycles. The molecular formula is C26H44N4O2. The third kappa shape index (κ3) is 8.81. The van der Waals surface area contributed by atoms with E-state index in [4.69, 9.17) is 10.7 Å². The minimum atomic E-state index is -0.567. The van der Waals surface area contributed by atoms with Crippen molar-refractivity contribution in [1.82, 2.24) is 10.2 Å². The number of amides is 1. The molecule has 4 N–H and O–H groups in total. The van der Waals surface area contributed by atoms with E-state index in [0.717, 1.165) is 64.2 Å². The summed E-state index contributed by atoms with van der Waals surface area (Å²) in [5.74, 6) is 0.589. The third-order valence-corrected chi connectivity index (χ3v) is 6.44. The summed E-state index contributed by atoms with van der Waals surface area (Å²) in [6, 6.07) is 10.2. The Kier molecular flexibility index (Phi) is 11.6. The average Bonchev–Trinajstić information content (AvgIpc) is 2.78. The van der Waals surface area contributed by atoms with Gasteiger partial charge < -0.3 is 21.1 Å². The zero-order chi connectivity index (χ0) is 23.2. The van der Waals surface area contributed by atoms with Gasteiger partial charge in [0, 0.05) is 25.9 Å². The molecule has 0 spiro atoms. The quantitative estimate of drug-likeness (QED) is 0.351. The van der Waals surface area contributed by atoms with Crippen molar-refractivity contribution in [2.45, 2.75) is 103 Å². The second-order valence-corrected chi connectivity index (χ2v) is 9.18. The molecule has 0 bridgehead atoms. The monoisotopic (exact) mass is 444 g/mol. The van der Waals surface area contributed by atoms with Gasteiger partial charge in [-0.25, -0.2) is 4.99 Å². The highest BCUT2D eigenvalue weighted by Gasteiger charge is 2.38. The van der Waals surface area contributed by atoms with E-state index in [-0.39, 0.29) is 11.4 Å². The fraction of sp³-hybridized carbons (Fsp3) is 0.692. The number of nitrogens with one attached hydrogen (secondary N) is 1. The van der Waals surface area contributed by atoms with E-state index in [1.807, 2.05) is 23.1 Å². The van der Waals surface area contributed by atoms with Gasteiger partial charge in [-0.3, -0.25) is 4.79 Å². The van der Waals surface area contributed by atoms with Crippen LogP contribution in [0, 0.1) is 0 Å². The molecule has 0 saturated carbocycles. The Labute approximate surface area is 194 Å². The lowest BCUT2D eigenvalue weighted by molar-refractivity contribution is -0.121. The van der Waals surface area contributed by atoms with Gasteiger partial charge in [-0.1, -0.05) is 76.3 Å². The molecule has 1 unspecified atom stereocenters. The zero-order valence-corrected chi connectivity index (χ0v) is 20.2. The van der Waals surface area contributed by atoms with Crippen LogP contribution in [0.25, 0.3) is 0 Å². The molecule has 6 heteroatoms. The Balaban J connectivity index is 1.69. The first-order chi connectivity index (χ1) is 15.5. The first-order valence-electron chi connectivity index (χ1n) is 12.6. The van der Waals surface area contributed by atoms with Crippen molar-refractivity contribution in [3.8, 4) is 0 Å². The van der Waals surface area contributed by atoms with Crippen molar-refractivity contribution in [1.29, 1.82) is 0 Å². The molecule has 0 fully saturated rings. The van der Waals surface area contributed by atoms with Crippen LogP contribution in [0.1, 0.15) is 90.0 Å². The van der Waals surface area contributed by atoms with Crippen LogP contribution in [-0.2, 0) is 11.2 Å². The van der Waals surface area contributed by atoms with Crippen molar-refractivity contribution in [2.75, 3.05) is 13.1 Å². The number of nitrogens with zero attached hydrogens (tertiary/aromatic N) is 2. The molecule has 0 aromatic heterocycles. The van der Waals surface area contributed by atoms with Crippen LogP contribution in [0.15, 0.2) is 35.3 Å². The van der Waals surface area contributed by atoms with Crippen LogP contribution < -0.4 is 11.1 Å². The van der Waals surface area contributed by atoms with Crippen LogP contribution >= 0.6 is 0 Å². The first kappa shape index (κ1) is 26.2. The molecule has 32 heavy (non-hydrogen) atoms. The van der Waals surface area contributed by atoms with Crippen molar-refractivity contribution >= 4 is 11.9 Å². The Morgan fingerprint density at radius 3 is 2.44 bits per heavy atom. The van der Waals surface area contributed by atoms with Crippen LogP contribution in [0.2, 0.25) is 0 Å². The summed E-state index contributed by atoms with van der Waals surface area (Å²) in [5, 5.41) is 13.8. The normalized spacial score (nSPS) is 17.8. The molecule has 180 valence electrons. The summed E-state index contributed by atoms with van der Waals surface area (Å²) < 4.78 is 0.